The fraction of sp³-hybridized carbons (Fsp3) is 0.300. The Morgan fingerprint density at radius 1 is 1.77 bits per heavy atom. The van der Waals surface area contributed by atoms with E-state index in [9.17, 15) is 4.79 Å². The lowest BCUT2D eigenvalue weighted by atomic mass is 9.97. The van der Waals surface area contributed by atoms with Gasteiger partial charge in [-0.3, -0.25) is 4.57 Å². The van der Waals surface area contributed by atoms with Gasteiger partial charge in [0.05, 0.1) is 5.69 Å². The molecule has 3 nitrogen and oxygen atoms in total. The van der Waals surface area contributed by atoms with Crippen molar-refractivity contribution >= 4 is 6.08 Å². The van der Waals surface area contributed by atoms with Gasteiger partial charge in [0.1, 0.15) is 5.76 Å². The van der Waals surface area contributed by atoms with Crippen molar-refractivity contribution in [3.8, 4) is 0 Å². The topological polar surface area (TPSA) is 35.1 Å². The first-order valence-electron chi connectivity index (χ1n) is 4.22. The largest absolute Gasteiger partial charge is 0.419 e. The van der Waals surface area contributed by atoms with E-state index in [-0.39, 0.29) is 11.7 Å². The number of hydrogen-bond donors (Lipinski definition) is 0. The van der Waals surface area contributed by atoms with Crippen molar-refractivity contribution in [3.63, 3.8) is 0 Å². The summed E-state index contributed by atoms with van der Waals surface area (Å²) >= 11 is 0. The van der Waals surface area contributed by atoms with E-state index < -0.39 is 0 Å². The minimum Gasteiger partial charge on any atom is -0.412 e. The highest BCUT2D eigenvalue weighted by Gasteiger charge is 2.18. The Balaban J connectivity index is 2.51. The van der Waals surface area contributed by atoms with Gasteiger partial charge in [-0.25, -0.2) is 4.79 Å². The first-order valence-corrected chi connectivity index (χ1v) is 4.22. The van der Waals surface area contributed by atoms with E-state index in [1.165, 1.54) is 4.57 Å². The van der Waals surface area contributed by atoms with Crippen LogP contribution in [0.3, 0.4) is 0 Å². The van der Waals surface area contributed by atoms with Crippen molar-refractivity contribution in [2.45, 2.75) is 6.42 Å². The fourth-order valence-corrected chi connectivity index (χ4v) is 1.52. The van der Waals surface area contributed by atoms with Crippen LogP contribution in [0.15, 0.2) is 27.9 Å². The molecule has 0 N–H and O–H groups in total. The van der Waals surface area contributed by atoms with E-state index in [4.69, 9.17) is 4.42 Å². The highest BCUT2D eigenvalue weighted by molar-refractivity contribution is 5.51. The number of oxazole rings is 1. The molecule has 0 bridgehead atoms. The van der Waals surface area contributed by atoms with Crippen LogP contribution in [0.5, 0.6) is 0 Å². The smallest absolute Gasteiger partial charge is 0.412 e. The van der Waals surface area contributed by atoms with Gasteiger partial charge in [0.2, 0.25) is 0 Å². The Kier molecular flexibility index (Phi) is 1.72. The maximum atomic E-state index is 11.1. The van der Waals surface area contributed by atoms with Crippen LogP contribution in [0.25, 0.3) is 6.08 Å². The van der Waals surface area contributed by atoms with Gasteiger partial charge in [-0.1, -0.05) is 12.2 Å². The number of hydrogen-bond acceptors (Lipinski definition) is 2. The molecule has 0 spiro atoms. The summed E-state index contributed by atoms with van der Waals surface area (Å²) in [6.45, 7) is 3.71. The summed E-state index contributed by atoms with van der Waals surface area (Å²) in [5, 5.41) is 0. The van der Waals surface area contributed by atoms with Crippen LogP contribution in [0.2, 0.25) is 0 Å². The van der Waals surface area contributed by atoms with Crippen molar-refractivity contribution < 1.29 is 4.42 Å². The van der Waals surface area contributed by atoms with Gasteiger partial charge < -0.3 is 4.42 Å². The molecule has 0 saturated heterocycles. The zero-order valence-electron chi connectivity index (χ0n) is 7.49. The van der Waals surface area contributed by atoms with Gasteiger partial charge in [-0.15, -0.1) is 6.58 Å². The van der Waals surface area contributed by atoms with Crippen LogP contribution in [0.4, 0.5) is 0 Å². The third-order valence-electron chi connectivity index (χ3n) is 2.36. The molecule has 1 unspecified atom stereocenters. The van der Waals surface area contributed by atoms with E-state index in [2.05, 4.69) is 6.58 Å². The van der Waals surface area contributed by atoms with Crippen LogP contribution in [-0.2, 0) is 13.5 Å². The molecule has 2 rings (SSSR count). The van der Waals surface area contributed by atoms with Gasteiger partial charge in [-0.2, -0.15) is 0 Å². The van der Waals surface area contributed by atoms with Crippen LogP contribution in [0, 0.1) is 5.92 Å². The minimum atomic E-state index is -0.292. The van der Waals surface area contributed by atoms with Crippen LogP contribution >= 0.6 is 0 Å². The standard InChI is InChI=1S/C10H11NO2/c1-3-7-4-5-8-9(6-7)13-10(12)11(8)2/h3-5,7H,1,6H2,2H3. The summed E-state index contributed by atoms with van der Waals surface area (Å²) in [6, 6.07) is 0. The fourth-order valence-electron chi connectivity index (χ4n) is 1.52. The molecule has 0 aliphatic heterocycles. The van der Waals surface area contributed by atoms with Gasteiger partial charge in [0, 0.05) is 19.4 Å². The second kappa shape index (κ2) is 2.76. The summed E-state index contributed by atoms with van der Waals surface area (Å²) in [6.07, 6.45) is 6.54. The zero-order valence-corrected chi connectivity index (χ0v) is 7.49. The molecule has 0 aromatic carbocycles. The predicted molar refractivity (Wildman–Crippen MR) is 50.4 cm³/mol. The molecule has 1 aliphatic rings. The van der Waals surface area contributed by atoms with Crippen molar-refractivity contribution in [1.29, 1.82) is 0 Å². The maximum absolute atomic E-state index is 11.1. The lowest BCUT2D eigenvalue weighted by molar-refractivity contribution is 0.446. The summed E-state index contributed by atoms with van der Waals surface area (Å²) < 4.78 is 6.60. The van der Waals surface area contributed by atoms with Crippen LogP contribution < -0.4 is 5.76 Å². The molecule has 0 saturated carbocycles. The quantitative estimate of drug-likeness (QED) is 0.607. The average Bonchev–Trinajstić information content (AvgIpc) is 2.42. The number of fused-ring (bicyclic) bond motifs is 1. The molecule has 1 aliphatic carbocycles. The predicted octanol–water partition coefficient (Wildman–Crippen LogP) is 1.35. The Morgan fingerprint density at radius 2 is 2.54 bits per heavy atom. The highest BCUT2D eigenvalue weighted by Crippen LogP contribution is 2.21. The monoisotopic (exact) mass is 177 g/mol. The number of allylic oxidation sites excluding steroid dienone is 2. The summed E-state index contributed by atoms with van der Waals surface area (Å²) in [4.78, 5) is 11.1. The summed E-state index contributed by atoms with van der Waals surface area (Å²) in [7, 11) is 1.71. The molecular formula is C10H11NO2. The Labute approximate surface area is 76.0 Å². The molecule has 0 radical (unpaired) electrons. The maximum Gasteiger partial charge on any atom is 0.419 e. The van der Waals surface area contributed by atoms with Gasteiger partial charge in [-0.05, 0) is 6.08 Å². The molecular weight excluding hydrogens is 166 g/mol. The number of nitrogens with zero attached hydrogens (tertiary/aromatic N) is 1. The first-order chi connectivity index (χ1) is 6.22. The molecule has 1 aromatic rings. The van der Waals surface area contributed by atoms with Gasteiger partial charge in [0.25, 0.3) is 0 Å². The van der Waals surface area contributed by atoms with Gasteiger partial charge in [0.15, 0.2) is 0 Å². The SMILES string of the molecule is C=CC1C=Cc2c(oc(=O)n2C)C1. The molecule has 1 atom stereocenters. The van der Waals surface area contributed by atoms with Crippen molar-refractivity contribution in [1.82, 2.24) is 4.57 Å². The number of rotatable bonds is 1. The molecule has 1 aromatic heterocycles. The van der Waals surface area contributed by atoms with E-state index in [1.807, 2.05) is 18.2 Å². The molecule has 13 heavy (non-hydrogen) atoms. The Hall–Kier alpha value is -1.51. The van der Waals surface area contributed by atoms with E-state index in [0.29, 0.717) is 0 Å². The molecule has 0 fully saturated rings. The third kappa shape index (κ3) is 1.16. The van der Waals surface area contributed by atoms with Crippen LogP contribution in [0.1, 0.15) is 11.5 Å². The number of aromatic nitrogens is 1. The van der Waals surface area contributed by atoms with E-state index >= 15 is 0 Å². The van der Waals surface area contributed by atoms with E-state index in [0.717, 1.165) is 17.9 Å². The molecule has 68 valence electrons. The van der Waals surface area contributed by atoms with Crippen LogP contribution in [-0.4, -0.2) is 4.57 Å². The molecule has 0 amide bonds. The highest BCUT2D eigenvalue weighted by atomic mass is 16.4. The lowest BCUT2D eigenvalue weighted by Crippen LogP contribution is -2.11. The van der Waals surface area contributed by atoms with Crippen molar-refractivity contribution in [2.24, 2.45) is 13.0 Å². The van der Waals surface area contributed by atoms with Crippen molar-refractivity contribution in [3.05, 3.63) is 40.7 Å². The zero-order chi connectivity index (χ0) is 9.42. The third-order valence-corrected chi connectivity index (χ3v) is 2.36. The van der Waals surface area contributed by atoms with Gasteiger partial charge >= 0.3 is 5.76 Å². The Bertz CT molecular complexity index is 423. The second-order valence-electron chi connectivity index (χ2n) is 3.20. The minimum absolute atomic E-state index is 0.290. The summed E-state index contributed by atoms with van der Waals surface area (Å²) in [5.74, 6) is 0.761. The summed E-state index contributed by atoms with van der Waals surface area (Å²) in [5.41, 5.74) is 0.878. The molecule has 3 heteroatoms. The van der Waals surface area contributed by atoms with E-state index in [1.54, 1.807) is 7.05 Å². The van der Waals surface area contributed by atoms with Crippen molar-refractivity contribution in [2.75, 3.05) is 0 Å². The lowest BCUT2D eigenvalue weighted by Gasteiger charge is -2.10. The second-order valence-corrected chi connectivity index (χ2v) is 3.20. The first kappa shape index (κ1) is 8.10. The normalized spacial score (nSPS) is 19.9. The average molecular weight is 177 g/mol. The molecule has 1 heterocycles. The Morgan fingerprint density at radius 3 is 3.23 bits per heavy atom.